The van der Waals surface area contributed by atoms with Gasteiger partial charge in [0.25, 0.3) is 5.91 Å². The van der Waals surface area contributed by atoms with Gasteiger partial charge in [-0.3, -0.25) is 4.79 Å². The smallest absolute Gasteiger partial charge is 0.271 e. The highest BCUT2D eigenvalue weighted by atomic mass is 16.2. The van der Waals surface area contributed by atoms with Gasteiger partial charge in [0.1, 0.15) is 17.2 Å². The Hall–Kier alpha value is -2.63. The van der Waals surface area contributed by atoms with E-state index in [2.05, 4.69) is 28.8 Å². The van der Waals surface area contributed by atoms with Crippen molar-refractivity contribution < 1.29 is 4.79 Å². The maximum Gasteiger partial charge on any atom is 0.271 e. The topological polar surface area (TPSA) is 66.8 Å². The minimum Gasteiger partial charge on any atom is -0.336 e. The van der Waals surface area contributed by atoms with Crippen LogP contribution in [0.2, 0.25) is 0 Å². The zero-order valence-corrected chi connectivity index (χ0v) is 13.4. The van der Waals surface area contributed by atoms with Crippen molar-refractivity contribution in [2.24, 2.45) is 12.5 Å². The zero-order valence-electron chi connectivity index (χ0n) is 13.4. The molecule has 0 saturated carbocycles. The summed E-state index contributed by atoms with van der Waals surface area (Å²) in [7, 11) is 1.96. The van der Waals surface area contributed by atoms with Crippen LogP contribution >= 0.6 is 0 Å². The van der Waals surface area contributed by atoms with Crippen LogP contribution in [0.3, 0.4) is 0 Å². The van der Waals surface area contributed by atoms with Gasteiger partial charge in [0.2, 0.25) is 0 Å². The molecule has 1 aliphatic rings. The first-order valence-corrected chi connectivity index (χ1v) is 7.69. The monoisotopic (exact) mass is 309 g/mol. The van der Waals surface area contributed by atoms with E-state index in [1.54, 1.807) is 12.4 Å². The van der Waals surface area contributed by atoms with Crippen LogP contribution in [0, 0.1) is 5.41 Å². The molecule has 6 nitrogen and oxygen atoms in total. The van der Waals surface area contributed by atoms with Crippen molar-refractivity contribution in [1.29, 1.82) is 0 Å². The molecule has 1 fully saturated rings. The number of nitrogens with one attached hydrogen (secondary N) is 1. The summed E-state index contributed by atoms with van der Waals surface area (Å²) in [6.07, 6.45) is 5.41. The molecule has 23 heavy (non-hydrogen) atoms. The first-order chi connectivity index (χ1) is 11.0. The molecule has 1 unspecified atom stereocenters. The van der Waals surface area contributed by atoms with Gasteiger partial charge in [-0.1, -0.05) is 13.8 Å². The molecule has 1 saturated heterocycles. The van der Waals surface area contributed by atoms with E-state index >= 15 is 0 Å². The molecule has 0 aliphatic carbocycles. The molecule has 1 amide bonds. The molecule has 3 aromatic rings. The van der Waals surface area contributed by atoms with Crippen LogP contribution in [0.1, 0.15) is 36.2 Å². The average Bonchev–Trinajstić information content (AvgIpc) is 3.11. The third-order valence-electron chi connectivity index (χ3n) is 4.62. The van der Waals surface area contributed by atoms with Crippen molar-refractivity contribution in [2.75, 3.05) is 6.54 Å². The largest absolute Gasteiger partial charge is 0.336 e. The first kappa shape index (κ1) is 14.0. The van der Waals surface area contributed by atoms with Crippen LogP contribution < -0.4 is 0 Å². The summed E-state index contributed by atoms with van der Waals surface area (Å²) < 4.78 is 1.98. The van der Waals surface area contributed by atoms with Crippen molar-refractivity contribution in [2.45, 2.75) is 19.9 Å². The molecule has 118 valence electrons. The molecule has 1 N–H and O–H groups in total. The van der Waals surface area contributed by atoms with Crippen molar-refractivity contribution >= 4 is 16.9 Å². The number of pyridine rings is 1. The fourth-order valence-electron chi connectivity index (χ4n) is 3.47. The lowest BCUT2D eigenvalue weighted by molar-refractivity contribution is -0.0378. The van der Waals surface area contributed by atoms with Gasteiger partial charge >= 0.3 is 0 Å². The van der Waals surface area contributed by atoms with Crippen LogP contribution in [-0.2, 0) is 7.05 Å². The molecular weight excluding hydrogens is 290 g/mol. The number of likely N-dealkylation sites (tertiary alicyclic amines) is 1. The Labute approximate surface area is 134 Å². The SMILES string of the molecule is Cn1ccnc1C1N(C(=O)c2cc3cccnc3[nH]2)CC1(C)C. The van der Waals surface area contributed by atoms with Crippen LogP contribution in [0.4, 0.5) is 0 Å². The van der Waals surface area contributed by atoms with E-state index in [1.807, 2.05) is 40.9 Å². The summed E-state index contributed by atoms with van der Waals surface area (Å²) in [6.45, 7) is 5.05. The molecule has 0 spiro atoms. The van der Waals surface area contributed by atoms with Gasteiger partial charge < -0.3 is 14.5 Å². The average molecular weight is 309 g/mol. The molecule has 3 aromatic heterocycles. The highest BCUT2D eigenvalue weighted by Gasteiger charge is 2.51. The number of hydrogen-bond acceptors (Lipinski definition) is 3. The van der Waals surface area contributed by atoms with Crippen molar-refractivity contribution in [3.8, 4) is 0 Å². The van der Waals surface area contributed by atoms with Crippen molar-refractivity contribution in [1.82, 2.24) is 24.4 Å². The van der Waals surface area contributed by atoms with E-state index in [-0.39, 0.29) is 17.4 Å². The number of carbonyl (C=O) groups is 1. The van der Waals surface area contributed by atoms with Gasteiger partial charge in [0.15, 0.2) is 0 Å². The molecule has 0 bridgehead atoms. The van der Waals surface area contributed by atoms with Crippen LogP contribution in [0.25, 0.3) is 11.0 Å². The second-order valence-electron chi connectivity index (χ2n) is 6.84. The van der Waals surface area contributed by atoms with E-state index in [1.165, 1.54) is 0 Å². The number of nitrogens with zero attached hydrogens (tertiary/aromatic N) is 4. The second kappa shape index (κ2) is 4.68. The van der Waals surface area contributed by atoms with Gasteiger partial charge in [0, 0.05) is 43.0 Å². The molecule has 4 rings (SSSR count). The predicted octanol–water partition coefficient (Wildman–Crippen LogP) is 2.52. The van der Waals surface area contributed by atoms with Gasteiger partial charge in [-0.25, -0.2) is 9.97 Å². The van der Waals surface area contributed by atoms with Crippen molar-refractivity contribution in [3.63, 3.8) is 0 Å². The van der Waals surface area contributed by atoms with Crippen LogP contribution in [0.5, 0.6) is 0 Å². The van der Waals surface area contributed by atoms with E-state index in [0.29, 0.717) is 12.2 Å². The Morgan fingerprint density at radius 2 is 2.17 bits per heavy atom. The zero-order chi connectivity index (χ0) is 16.2. The Bertz CT molecular complexity index is 858. The molecule has 4 heterocycles. The molecule has 1 atom stereocenters. The Balaban J connectivity index is 1.69. The number of hydrogen-bond donors (Lipinski definition) is 1. The lowest BCUT2D eigenvalue weighted by Gasteiger charge is -2.53. The Morgan fingerprint density at radius 1 is 1.35 bits per heavy atom. The summed E-state index contributed by atoms with van der Waals surface area (Å²) in [5.41, 5.74) is 1.33. The second-order valence-corrected chi connectivity index (χ2v) is 6.84. The van der Waals surface area contributed by atoms with Crippen LogP contribution in [0.15, 0.2) is 36.8 Å². The fourth-order valence-corrected chi connectivity index (χ4v) is 3.47. The number of H-pyrrole nitrogens is 1. The lowest BCUT2D eigenvalue weighted by Crippen LogP contribution is -2.58. The minimum atomic E-state index is -0.0191. The lowest BCUT2D eigenvalue weighted by atomic mass is 9.74. The number of aromatic nitrogens is 4. The van der Waals surface area contributed by atoms with Gasteiger partial charge in [-0.05, 0) is 18.2 Å². The summed E-state index contributed by atoms with van der Waals surface area (Å²) in [4.78, 5) is 26.6. The molecular formula is C17H19N5O. The van der Waals surface area contributed by atoms with Gasteiger partial charge in [-0.15, -0.1) is 0 Å². The third-order valence-corrected chi connectivity index (χ3v) is 4.62. The normalized spacial score (nSPS) is 19.8. The highest BCUT2D eigenvalue weighted by molar-refractivity contribution is 5.98. The highest BCUT2D eigenvalue weighted by Crippen LogP contribution is 2.48. The summed E-state index contributed by atoms with van der Waals surface area (Å²) in [5, 5.41) is 0.948. The minimum absolute atomic E-state index is 0.00433. The first-order valence-electron chi connectivity index (χ1n) is 7.69. The maximum atomic E-state index is 12.9. The van der Waals surface area contributed by atoms with E-state index < -0.39 is 0 Å². The van der Waals surface area contributed by atoms with E-state index in [4.69, 9.17) is 0 Å². The Morgan fingerprint density at radius 3 is 2.83 bits per heavy atom. The van der Waals surface area contributed by atoms with Gasteiger partial charge in [-0.2, -0.15) is 0 Å². The maximum absolute atomic E-state index is 12.9. The van der Waals surface area contributed by atoms with Crippen LogP contribution in [-0.4, -0.2) is 36.9 Å². The van der Waals surface area contributed by atoms with E-state index in [0.717, 1.165) is 16.9 Å². The number of amides is 1. The molecule has 0 radical (unpaired) electrons. The number of imidazole rings is 1. The van der Waals surface area contributed by atoms with Gasteiger partial charge in [0.05, 0.1) is 6.04 Å². The molecule has 1 aliphatic heterocycles. The fraction of sp³-hybridized carbons (Fsp3) is 0.353. The predicted molar refractivity (Wildman–Crippen MR) is 86.9 cm³/mol. The number of aryl methyl sites for hydroxylation is 1. The quantitative estimate of drug-likeness (QED) is 0.791. The molecule has 6 heteroatoms. The number of carbonyl (C=O) groups excluding carboxylic acids is 1. The summed E-state index contributed by atoms with van der Waals surface area (Å²) in [5.74, 6) is 0.916. The third kappa shape index (κ3) is 2.05. The van der Waals surface area contributed by atoms with Crippen molar-refractivity contribution in [3.05, 3.63) is 48.3 Å². The molecule has 0 aromatic carbocycles. The summed E-state index contributed by atoms with van der Waals surface area (Å²) in [6, 6.07) is 5.67. The number of aromatic amines is 1. The number of rotatable bonds is 2. The Kier molecular flexibility index (Phi) is 2.85. The standard InChI is InChI=1S/C17H19N5O/c1-17(2)10-22(13(17)15-19-7-8-21(15)3)16(23)12-9-11-5-4-6-18-14(11)20-12/h4-9,13H,10H2,1-3H3,(H,18,20). The summed E-state index contributed by atoms with van der Waals surface area (Å²) >= 11 is 0. The van der Waals surface area contributed by atoms with E-state index in [9.17, 15) is 4.79 Å². The number of fused-ring (bicyclic) bond motifs is 1.